The second kappa shape index (κ2) is 13.4. The topological polar surface area (TPSA) is 33.0 Å². The Morgan fingerprint density at radius 1 is 0.867 bits per heavy atom. The zero-order valence-electron chi connectivity index (χ0n) is 10.1. The second-order valence-electron chi connectivity index (χ2n) is 4.00. The van der Waals surface area contributed by atoms with E-state index in [-0.39, 0.29) is 0 Å². The van der Waals surface area contributed by atoms with E-state index in [0.29, 0.717) is 6.42 Å². The third-order valence-corrected chi connectivity index (χ3v) is 2.47. The standard InChI is InChI=1S/C13H25NO/c1-2-3-4-5-6-9-12-15-13-10-7-8-11-14/h2-10,12-13H2,1H3. The van der Waals surface area contributed by atoms with Gasteiger partial charge in [0.05, 0.1) is 6.07 Å². The first kappa shape index (κ1) is 14.5. The average Bonchev–Trinajstić information content (AvgIpc) is 2.26. The van der Waals surface area contributed by atoms with Gasteiger partial charge in [-0.3, -0.25) is 0 Å². The van der Waals surface area contributed by atoms with E-state index in [1.165, 1.54) is 38.5 Å². The van der Waals surface area contributed by atoms with Crippen LogP contribution in [0.5, 0.6) is 0 Å². The van der Waals surface area contributed by atoms with Gasteiger partial charge >= 0.3 is 0 Å². The number of hydrogen-bond donors (Lipinski definition) is 0. The number of unbranched alkanes of at least 4 members (excludes halogenated alkanes) is 7. The lowest BCUT2D eigenvalue weighted by Crippen LogP contribution is -1.96. The Balaban J connectivity index is 2.84. The molecule has 2 nitrogen and oxygen atoms in total. The van der Waals surface area contributed by atoms with Crippen LogP contribution in [-0.4, -0.2) is 13.2 Å². The first-order valence-electron chi connectivity index (χ1n) is 6.36. The predicted molar refractivity (Wildman–Crippen MR) is 63.7 cm³/mol. The Morgan fingerprint density at radius 2 is 1.47 bits per heavy atom. The van der Waals surface area contributed by atoms with Gasteiger partial charge in [0.2, 0.25) is 0 Å². The molecule has 0 aliphatic heterocycles. The van der Waals surface area contributed by atoms with Crippen molar-refractivity contribution in [3.63, 3.8) is 0 Å². The van der Waals surface area contributed by atoms with Gasteiger partial charge in [-0.15, -0.1) is 0 Å². The summed E-state index contributed by atoms with van der Waals surface area (Å²) in [6.45, 7) is 3.97. The molecule has 2 heteroatoms. The maximum atomic E-state index is 8.32. The van der Waals surface area contributed by atoms with Gasteiger partial charge in [0.25, 0.3) is 0 Å². The summed E-state index contributed by atoms with van der Waals surface area (Å²) in [5.74, 6) is 0. The largest absolute Gasteiger partial charge is 0.381 e. The van der Waals surface area contributed by atoms with Crippen LogP contribution in [-0.2, 0) is 4.74 Å². The highest BCUT2D eigenvalue weighted by molar-refractivity contribution is 4.67. The molecule has 0 aromatic heterocycles. The predicted octanol–water partition coefficient (Wildman–Crippen LogP) is 4.06. The number of hydrogen-bond acceptors (Lipinski definition) is 2. The SMILES string of the molecule is CCCCCCCCOCCCCC#N. The molecule has 0 fully saturated rings. The highest BCUT2D eigenvalue weighted by atomic mass is 16.5. The Morgan fingerprint density at radius 3 is 2.13 bits per heavy atom. The van der Waals surface area contributed by atoms with Gasteiger partial charge in [0.15, 0.2) is 0 Å². The van der Waals surface area contributed by atoms with Crippen molar-refractivity contribution >= 4 is 0 Å². The number of nitrogens with zero attached hydrogens (tertiary/aromatic N) is 1. The van der Waals surface area contributed by atoms with Gasteiger partial charge in [-0.1, -0.05) is 39.0 Å². The summed E-state index contributed by atoms with van der Waals surface area (Å²) in [7, 11) is 0. The molecule has 0 saturated heterocycles. The number of nitriles is 1. The van der Waals surface area contributed by atoms with Gasteiger partial charge in [-0.25, -0.2) is 0 Å². The highest BCUT2D eigenvalue weighted by Gasteiger charge is 1.91. The summed E-state index contributed by atoms with van der Waals surface area (Å²) in [4.78, 5) is 0. The third kappa shape index (κ3) is 13.4. The fraction of sp³-hybridized carbons (Fsp3) is 0.923. The molecular formula is C13H25NO. The van der Waals surface area contributed by atoms with E-state index >= 15 is 0 Å². The van der Waals surface area contributed by atoms with Crippen LogP contribution in [0.2, 0.25) is 0 Å². The van der Waals surface area contributed by atoms with Crippen molar-refractivity contribution in [2.45, 2.75) is 64.7 Å². The lowest BCUT2D eigenvalue weighted by atomic mass is 10.1. The smallest absolute Gasteiger partial charge is 0.0621 e. The molecule has 0 bridgehead atoms. The first-order chi connectivity index (χ1) is 7.41. The van der Waals surface area contributed by atoms with Gasteiger partial charge in [0, 0.05) is 19.6 Å². The van der Waals surface area contributed by atoms with Crippen LogP contribution in [0.15, 0.2) is 0 Å². The van der Waals surface area contributed by atoms with Crippen molar-refractivity contribution in [3.05, 3.63) is 0 Å². The summed E-state index contributed by atoms with van der Waals surface area (Å²) < 4.78 is 5.48. The first-order valence-corrected chi connectivity index (χ1v) is 6.36. The molecule has 15 heavy (non-hydrogen) atoms. The van der Waals surface area contributed by atoms with E-state index in [4.69, 9.17) is 10.00 Å². The van der Waals surface area contributed by atoms with Crippen molar-refractivity contribution in [2.24, 2.45) is 0 Å². The summed E-state index contributed by atoms with van der Waals surface area (Å²) in [6, 6.07) is 2.14. The van der Waals surface area contributed by atoms with Crippen molar-refractivity contribution in [3.8, 4) is 6.07 Å². The molecule has 0 spiro atoms. The molecule has 0 rings (SSSR count). The quantitative estimate of drug-likeness (QED) is 0.483. The van der Waals surface area contributed by atoms with Gasteiger partial charge in [-0.2, -0.15) is 5.26 Å². The number of ether oxygens (including phenoxy) is 1. The summed E-state index contributed by atoms with van der Waals surface area (Å²) in [5, 5.41) is 8.32. The van der Waals surface area contributed by atoms with Crippen LogP contribution in [0.4, 0.5) is 0 Å². The normalized spacial score (nSPS) is 10.1. The molecule has 88 valence electrons. The molecule has 0 saturated carbocycles. The fourth-order valence-corrected chi connectivity index (χ4v) is 1.49. The maximum absolute atomic E-state index is 8.32. The minimum Gasteiger partial charge on any atom is -0.381 e. The van der Waals surface area contributed by atoms with Crippen LogP contribution in [0.3, 0.4) is 0 Å². The minimum absolute atomic E-state index is 0.667. The summed E-state index contributed by atoms with van der Waals surface area (Å²) in [6.07, 6.45) is 10.6. The molecule has 0 N–H and O–H groups in total. The monoisotopic (exact) mass is 211 g/mol. The Kier molecular flexibility index (Phi) is 13.0. The Labute approximate surface area is 94.6 Å². The molecule has 0 aliphatic rings. The van der Waals surface area contributed by atoms with Crippen molar-refractivity contribution < 1.29 is 4.74 Å². The zero-order valence-corrected chi connectivity index (χ0v) is 10.1. The zero-order chi connectivity index (χ0) is 11.2. The van der Waals surface area contributed by atoms with Crippen LogP contribution < -0.4 is 0 Å². The van der Waals surface area contributed by atoms with Gasteiger partial charge < -0.3 is 4.74 Å². The highest BCUT2D eigenvalue weighted by Crippen LogP contribution is 2.05. The van der Waals surface area contributed by atoms with Gasteiger partial charge in [-0.05, 0) is 19.3 Å². The van der Waals surface area contributed by atoms with E-state index in [1.807, 2.05) is 0 Å². The van der Waals surface area contributed by atoms with E-state index in [1.54, 1.807) is 0 Å². The molecule has 0 heterocycles. The minimum atomic E-state index is 0.667. The van der Waals surface area contributed by atoms with Crippen LogP contribution in [0, 0.1) is 11.3 Å². The van der Waals surface area contributed by atoms with Crippen LogP contribution in [0.25, 0.3) is 0 Å². The second-order valence-corrected chi connectivity index (χ2v) is 4.00. The fourth-order valence-electron chi connectivity index (χ4n) is 1.49. The Hall–Kier alpha value is -0.550. The third-order valence-electron chi connectivity index (χ3n) is 2.47. The molecule has 0 aliphatic carbocycles. The van der Waals surface area contributed by atoms with E-state index in [9.17, 15) is 0 Å². The summed E-state index contributed by atoms with van der Waals surface area (Å²) >= 11 is 0. The molecular weight excluding hydrogens is 186 g/mol. The lowest BCUT2D eigenvalue weighted by molar-refractivity contribution is 0.126. The van der Waals surface area contributed by atoms with Crippen LogP contribution >= 0.6 is 0 Å². The Bertz CT molecular complexity index is 151. The number of rotatable bonds is 11. The van der Waals surface area contributed by atoms with Crippen molar-refractivity contribution in [1.82, 2.24) is 0 Å². The van der Waals surface area contributed by atoms with Gasteiger partial charge in [0.1, 0.15) is 0 Å². The molecule has 0 atom stereocenters. The average molecular weight is 211 g/mol. The molecule has 0 amide bonds. The van der Waals surface area contributed by atoms with Crippen molar-refractivity contribution in [2.75, 3.05) is 13.2 Å². The van der Waals surface area contributed by atoms with E-state index in [0.717, 1.165) is 26.1 Å². The van der Waals surface area contributed by atoms with Crippen molar-refractivity contribution in [1.29, 1.82) is 5.26 Å². The molecule has 0 unspecified atom stereocenters. The maximum Gasteiger partial charge on any atom is 0.0621 e. The van der Waals surface area contributed by atoms with Crippen LogP contribution in [0.1, 0.15) is 64.7 Å². The molecule has 0 aromatic rings. The lowest BCUT2D eigenvalue weighted by Gasteiger charge is -2.03. The molecule has 0 radical (unpaired) electrons. The van der Waals surface area contributed by atoms with E-state index < -0.39 is 0 Å². The summed E-state index contributed by atoms with van der Waals surface area (Å²) in [5.41, 5.74) is 0. The van der Waals surface area contributed by atoms with E-state index in [2.05, 4.69) is 13.0 Å². The molecule has 0 aromatic carbocycles.